The van der Waals surface area contributed by atoms with Crippen molar-refractivity contribution < 1.29 is 67.1 Å². The van der Waals surface area contributed by atoms with Gasteiger partial charge in [-0.05, 0) is 137 Å². The number of ether oxygens (including phenoxy) is 5. The molecule has 74 heavy (non-hydrogen) atoms. The van der Waals surface area contributed by atoms with Crippen molar-refractivity contribution in [2.24, 2.45) is 0 Å². The van der Waals surface area contributed by atoms with E-state index >= 15 is 0 Å². The number of nitrogens with zero attached hydrogens (tertiary/aromatic N) is 1. The molecule has 0 fully saturated rings. The highest BCUT2D eigenvalue weighted by Gasteiger charge is 2.37. The number of rotatable bonds is 16. The number of aliphatic carboxylic acids is 1. The number of carbonyl (C=O) groups is 8. The van der Waals surface area contributed by atoms with Crippen LogP contribution in [0.2, 0.25) is 0 Å². The van der Waals surface area contributed by atoms with E-state index in [-0.39, 0.29) is 73.9 Å². The van der Waals surface area contributed by atoms with E-state index in [9.17, 15) is 43.5 Å². The summed E-state index contributed by atoms with van der Waals surface area (Å²) in [6.07, 6.45) is -2.48. The smallest absolute Gasteiger partial charge is 0.407 e. The highest BCUT2D eigenvalue weighted by atomic mass is 16.6. The van der Waals surface area contributed by atoms with Crippen LogP contribution in [0.1, 0.15) is 114 Å². The minimum absolute atomic E-state index is 0.00474. The number of nitrogens with one attached hydrogen (secondary N) is 6. The monoisotopic (exact) mass is 1030 g/mol. The van der Waals surface area contributed by atoms with Gasteiger partial charge in [-0.2, -0.15) is 0 Å². The number of carboxylic acids is 1. The van der Waals surface area contributed by atoms with E-state index in [0.29, 0.717) is 16.7 Å². The first kappa shape index (κ1) is 59.0. The van der Waals surface area contributed by atoms with Crippen LogP contribution in [0.25, 0.3) is 11.1 Å². The summed E-state index contributed by atoms with van der Waals surface area (Å²) in [7, 11) is 1.34. The van der Waals surface area contributed by atoms with Crippen LogP contribution in [0, 0.1) is 13.8 Å². The topological polar surface area (TPSA) is 278 Å². The highest BCUT2D eigenvalue weighted by Crippen LogP contribution is 2.40. The predicted octanol–water partition coefficient (Wildman–Crippen LogP) is 5.62. The Morgan fingerprint density at radius 2 is 1.20 bits per heavy atom. The Morgan fingerprint density at radius 3 is 1.72 bits per heavy atom. The Balaban J connectivity index is 1.89. The molecule has 0 saturated heterocycles. The zero-order chi connectivity index (χ0) is 55.3. The lowest BCUT2D eigenvalue weighted by atomic mass is 9.93. The minimum Gasteiger partial charge on any atom is -0.491 e. The first-order chi connectivity index (χ1) is 34.4. The Morgan fingerprint density at radius 1 is 0.689 bits per heavy atom. The fraction of sp³-hybridized carbons (Fsp3) is 0.509. The Labute approximate surface area is 432 Å². The maximum atomic E-state index is 15.0. The van der Waals surface area contributed by atoms with E-state index in [2.05, 4.69) is 31.9 Å². The largest absolute Gasteiger partial charge is 0.491 e. The summed E-state index contributed by atoms with van der Waals surface area (Å²) in [5, 5.41) is 26.2. The van der Waals surface area contributed by atoms with Gasteiger partial charge in [-0.3, -0.25) is 19.2 Å². The van der Waals surface area contributed by atoms with E-state index in [1.807, 2.05) is 13.0 Å². The van der Waals surface area contributed by atoms with Crippen molar-refractivity contribution in [3.8, 4) is 22.6 Å². The van der Waals surface area contributed by atoms with Gasteiger partial charge < -0.3 is 65.6 Å². The van der Waals surface area contributed by atoms with Gasteiger partial charge in [-0.15, -0.1) is 0 Å². The Bertz CT molecular complexity index is 2550. The fourth-order valence-electron chi connectivity index (χ4n) is 7.56. The average Bonchev–Trinajstić information content (AvgIpc) is 3.26. The summed E-state index contributed by atoms with van der Waals surface area (Å²) in [6.45, 7) is 20.1. The van der Waals surface area contributed by atoms with Gasteiger partial charge >= 0.3 is 24.2 Å². The molecule has 21 heteroatoms. The molecule has 0 radical (unpaired) electrons. The SMILES string of the molecule is Cc1ccc(C(=O)N[C@@H](CCNC(=O)OC(C)(C)C)C(=O)N(C)[C@@H]2C(=O)N[C@@H](C)C(=O)N[C@H](C(=O)O)Cc3ccc(OCCNC(=O)OC(C)(C)C)c(c3)-c3cc2ccc3OCCNC(=O)OC(C)(C)C)c(C)c1. The quantitative estimate of drug-likeness (QED) is 0.0678. The van der Waals surface area contributed by atoms with E-state index in [1.54, 1.807) is 112 Å². The van der Waals surface area contributed by atoms with Crippen molar-refractivity contribution in [3.63, 3.8) is 0 Å². The maximum absolute atomic E-state index is 15.0. The van der Waals surface area contributed by atoms with Crippen LogP contribution >= 0.6 is 0 Å². The second-order valence-electron chi connectivity index (χ2n) is 20.9. The highest BCUT2D eigenvalue weighted by molar-refractivity contribution is 6.00. The summed E-state index contributed by atoms with van der Waals surface area (Å²) in [5.74, 6) is -3.99. The van der Waals surface area contributed by atoms with Crippen molar-refractivity contribution in [3.05, 3.63) is 82.4 Å². The number of hydrogen-bond acceptors (Lipinski definition) is 13. The second kappa shape index (κ2) is 25.4. The van der Waals surface area contributed by atoms with Gasteiger partial charge in [-0.25, -0.2) is 19.2 Å². The second-order valence-corrected chi connectivity index (χ2v) is 20.9. The number of carbonyl (C=O) groups excluding carboxylic acids is 7. The Hall–Kier alpha value is -7.58. The zero-order valence-electron chi connectivity index (χ0n) is 44.7. The third kappa shape index (κ3) is 18.5. The van der Waals surface area contributed by atoms with Crippen molar-refractivity contribution in [1.82, 2.24) is 36.8 Å². The third-order valence-electron chi connectivity index (χ3n) is 10.8. The molecule has 4 bridgehead atoms. The van der Waals surface area contributed by atoms with Crippen LogP contribution in [-0.2, 0) is 39.8 Å². The lowest BCUT2D eigenvalue weighted by Crippen LogP contribution is -2.55. The third-order valence-corrected chi connectivity index (χ3v) is 10.8. The molecule has 0 saturated carbocycles. The van der Waals surface area contributed by atoms with Crippen LogP contribution < -0.4 is 41.4 Å². The number of carboxylic acid groups (broad SMARTS) is 1. The van der Waals surface area contributed by atoms with Crippen LogP contribution in [0.15, 0.2) is 54.6 Å². The number of benzene rings is 3. The maximum Gasteiger partial charge on any atom is 0.407 e. The van der Waals surface area contributed by atoms with Crippen LogP contribution in [-0.4, -0.2) is 133 Å². The fourth-order valence-corrected chi connectivity index (χ4v) is 7.56. The molecular weight excluding hydrogens is 959 g/mol. The molecular formula is C53H73N7O14. The molecule has 7 amide bonds. The van der Waals surface area contributed by atoms with Crippen LogP contribution in [0.5, 0.6) is 11.5 Å². The first-order valence-corrected chi connectivity index (χ1v) is 24.3. The van der Waals surface area contributed by atoms with Crippen LogP contribution in [0.3, 0.4) is 0 Å². The minimum atomic E-state index is -1.55. The number of aryl methyl sites for hydroxylation is 2. The van der Waals surface area contributed by atoms with Gasteiger partial charge in [0.15, 0.2) is 0 Å². The van der Waals surface area contributed by atoms with E-state index in [4.69, 9.17) is 23.7 Å². The molecule has 4 atom stereocenters. The standard InChI is InChI=1S/C53H73N7O14/c1-30-14-17-35(31(2)26-30)44(62)58-38(20-21-54-48(67)72-51(4,5)6)46(64)60(13)42-34-16-19-41(71-25-23-56-50(69)74-53(10,11)12)37(29-34)36-27-33(28-39(47(65)66)59-43(61)32(3)57-45(42)63)15-18-40(36)70-24-22-55-49(68)73-52(7,8)9/h14-19,26-27,29,32,38-39,42H,20-25,28H2,1-13H3,(H,54,67)(H,55,68)(H,56,69)(H,57,63)(H,58,62)(H,59,61)(H,65,66)/t32-,38-,39-,42-/m0/s1. The molecule has 1 aliphatic heterocycles. The van der Waals surface area contributed by atoms with Gasteiger partial charge in [0.05, 0.1) is 13.1 Å². The normalized spacial score (nSPS) is 16.4. The first-order valence-electron chi connectivity index (χ1n) is 24.3. The summed E-state index contributed by atoms with van der Waals surface area (Å²) >= 11 is 0. The summed E-state index contributed by atoms with van der Waals surface area (Å²) < 4.78 is 28.7. The van der Waals surface area contributed by atoms with Gasteiger partial charge in [0.2, 0.25) is 17.7 Å². The van der Waals surface area contributed by atoms with E-state index in [1.165, 1.54) is 20.0 Å². The Kier molecular flexibility index (Phi) is 20.2. The number of amides is 7. The molecule has 404 valence electrons. The predicted molar refractivity (Wildman–Crippen MR) is 274 cm³/mol. The summed E-state index contributed by atoms with van der Waals surface area (Å²) in [6, 6.07) is 8.98. The molecule has 3 aromatic rings. The molecule has 0 spiro atoms. The number of hydrogen-bond donors (Lipinski definition) is 7. The lowest BCUT2D eigenvalue weighted by Gasteiger charge is -2.33. The molecule has 3 aromatic carbocycles. The molecule has 4 rings (SSSR count). The van der Waals surface area contributed by atoms with Gasteiger partial charge in [0.25, 0.3) is 5.91 Å². The zero-order valence-corrected chi connectivity index (χ0v) is 44.7. The summed E-state index contributed by atoms with van der Waals surface area (Å²) in [4.78, 5) is 109. The molecule has 0 aromatic heterocycles. The van der Waals surface area contributed by atoms with Crippen molar-refractivity contribution in [2.75, 3.05) is 39.9 Å². The molecule has 0 aliphatic carbocycles. The van der Waals surface area contributed by atoms with Gasteiger partial charge in [0.1, 0.15) is 65.7 Å². The van der Waals surface area contributed by atoms with Crippen molar-refractivity contribution in [2.45, 2.75) is 137 Å². The molecule has 1 heterocycles. The van der Waals surface area contributed by atoms with Crippen LogP contribution in [0.4, 0.5) is 14.4 Å². The lowest BCUT2D eigenvalue weighted by molar-refractivity contribution is -0.143. The number of fused-ring (bicyclic) bond motifs is 5. The van der Waals surface area contributed by atoms with Gasteiger partial charge in [0, 0.05) is 36.7 Å². The average molecular weight is 1030 g/mol. The molecule has 7 N–H and O–H groups in total. The molecule has 21 nitrogen and oxygen atoms in total. The van der Waals surface area contributed by atoms with Crippen molar-refractivity contribution >= 4 is 47.9 Å². The van der Waals surface area contributed by atoms with E-state index < -0.39 is 88.8 Å². The van der Waals surface area contributed by atoms with Crippen molar-refractivity contribution in [1.29, 1.82) is 0 Å². The van der Waals surface area contributed by atoms with Gasteiger partial charge in [-0.1, -0.05) is 29.8 Å². The van der Waals surface area contributed by atoms with E-state index in [0.717, 1.165) is 10.5 Å². The molecule has 0 unspecified atom stereocenters. The summed E-state index contributed by atoms with van der Waals surface area (Å²) in [5.41, 5.74) is 0.710. The number of likely N-dealkylation sites (N-methyl/N-ethyl adjacent to an activating group) is 1. The molecule has 1 aliphatic rings. The number of alkyl carbamates (subject to hydrolysis) is 3.